The van der Waals surface area contributed by atoms with Gasteiger partial charge < -0.3 is 18.4 Å². The van der Waals surface area contributed by atoms with Crippen LogP contribution in [0, 0.1) is 29.6 Å². The first-order valence-electron chi connectivity index (χ1n) is 10.6. The third-order valence-electron chi connectivity index (χ3n) is 6.86. The predicted octanol–water partition coefficient (Wildman–Crippen LogP) is 3.83. The fraction of sp³-hybridized carbons (Fsp3) is 1.00. The third-order valence-corrected chi connectivity index (χ3v) is 7.86. The van der Waals surface area contributed by atoms with Crippen molar-refractivity contribution in [1.29, 1.82) is 0 Å². The minimum atomic E-state index is -4.13. The van der Waals surface area contributed by atoms with Gasteiger partial charge in [0.1, 0.15) is 13.2 Å². The summed E-state index contributed by atoms with van der Waals surface area (Å²) in [6, 6.07) is 0. The van der Waals surface area contributed by atoms with Gasteiger partial charge in [-0.2, -0.15) is 0 Å². The van der Waals surface area contributed by atoms with E-state index in [9.17, 15) is 9.46 Å². The van der Waals surface area contributed by atoms with E-state index in [2.05, 4.69) is 0 Å². The zero-order valence-electron chi connectivity index (χ0n) is 16.9. The zero-order chi connectivity index (χ0) is 18.8. The lowest BCUT2D eigenvalue weighted by molar-refractivity contribution is -0.870. The van der Waals surface area contributed by atoms with Crippen molar-refractivity contribution >= 4 is 7.82 Å². The molecular weight excluding hydrogens is 349 g/mol. The van der Waals surface area contributed by atoms with Crippen LogP contribution in [0.15, 0.2) is 0 Å². The minimum Gasteiger partial charge on any atom is -0.756 e. The Bertz CT molecular complexity index is 477. The highest BCUT2D eigenvalue weighted by Gasteiger charge is 2.47. The summed E-state index contributed by atoms with van der Waals surface area (Å²) in [5, 5.41) is 0. The van der Waals surface area contributed by atoms with Gasteiger partial charge in [-0.05, 0) is 74.5 Å². The molecule has 0 heterocycles. The lowest BCUT2D eigenvalue weighted by atomic mass is 9.51. The van der Waals surface area contributed by atoms with E-state index in [4.69, 9.17) is 9.05 Å². The Labute approximate surface area is 159 Å². The molecule has 0 radical (unpaired) electrons. The van der Waals surface area contributed by atoms with E-state index in [-0.39, 0.29) is 13.2 Å². The molecule has 4 aliphatic rings. The molecule has 1 unspecified atom stereocenters. The van der Waals surface area contributed by atoms with Crippen LogP contribution >= 0.6 is 7.82 Å². The highest BCUT2D eigenvalue weighted by atomic mass is 31.2. The topological polar surface area (TPSA) is 58.6 Å². The van der Waals surface area contributed by atoms with Crippen LogP contribution in [0.5, 0.6) is 0 Å². The SMILES string of the molecule is C[N+](C)(C)CCOP(=O)([O-])OCCCCCC1C2CC3CC(C2)CC1C3. The number of nitrogens with zero attached hydrogens (tertiary/aromatic N) is 1. The van der Waals surface area contributed by atoms with Crippen molar-refractivity contribution in [3.63, 3.8) is 0 Å². The Morgan fingerprint density at radius 2 is 1.46 bits per heavy atom. The molecular formula is C20H38NO4P. The van der Waals surface area contributed by atoms with Crippen molar-refractivity contribution in [2.45, 2.75) is 57.8 Å². The van der Waals surface area contributed by atoms with Crippen LogP contribution in [0.2, 0.25) is 0 Å². The molecule has 0 spiro atoms. The molecule has 0 amide bonds. The second-order valence-corrected chi connectivity index (χ2v) is 11.5. The lowest BCUT2D eigenvalue weighted by Crippen LogP contribution is -2.44. The molecule has 1 atom stereocenters. The average molecular weight is 388 g/mol. The molecule has 4 aliphatic carbocycles. The van der Waals surface area contributed by atoms with E-state index < -0.39 is 7.82 Å². The fourth-order valence-electron chi connectivity index (χ4n) is 5.81. The highest BCUT2D eigenvalue weighted by molar-refractivity contribution is 7.45. The van der Waals surface area contributed by atoms with Gasteiger partial charge in [0.15, 0.2) is 0 Å². The molecule has 4 fully saturated rings. The molecule has 6 heteroatoms. The Balaban J connectivity index is 1.25. The molecule has 26 heavy (non-hydrogen) atoms. The standard InChI is InChI=1S/C20H38NO4P/c1-21(2,3)8-10-25-26(22,23)24-9-6-4-5-7-20-18-12-16-11-17(14-18)15-19(20)13-16/h16-20H,4-15H2,1-3H3. The van der Waals surface area contributed by atoms with Crippen molar-refractivity contribution in [1.82, 2.24) is 0 Å². The van der Waals surface area contributed by atoms with Crippen molar-refractivity contribution < 1.29 is 23.0 Å². The van der Waals surface area contributed by atoms with E-state index in [0.717, 1.165) is 42.4 Å². The molecule has 0 aromatic carbocycles. The van der Waals surface area contributed by atoms with Gasteiger partial charge in [0.25, 0.3) is 7.82 Å². The Hall–Kier alpha value is 0.0700. The largest absolute Gasteiger partial charge is 0.756 e. The minimum absolute atomic E-state index is 0.177. The van der Waals surface area contributed by atoms with Crippen LogP contribution in [-0.2, 0) is 13.6 Å². The van der Waals surface area contributed by atoms with Crippen LogP contribution in [0.1, 0.15) is 57.8 Å². The number of likely N-dealkylation sites (N-methyl/N-ethyl adjacent to an activating group) is 1. The maximum atomic E-state index is 11.7. The number of phosphoric ester groups is 1. The van der Waals surface area contributed by atoms with Crippen molar-refractivity contribution in [2.24, 2.45) is 29.6 Å². The van der Waals surface area contributed by atoms with Gasteiger partial charge in [-0.15, -0.1) is 0 Å². The monoisotopic (exact) mass is 387 g/mol. The summed E-state index contributed by atoms with van der Waals surface area (Å²) in [6.45, 7) is 1.07. The summed E-state index contributed by atoms with van der Waals surface area (Å²) in [5.41, 5.74) is 0. The Morgan fingerprint density at radius 3 is 2.04 bits per heavy atom. The van der Waals surface area contributed by atoms with E-state index in [1.807, 2.05) is 21.1 Å². The van der Waals surface area contributed by atoms with Gasteiger partial charge in [0.2, 0.25) is 0 Å². The van der Waals surface area contributed by atoms with E-state index in [1.54, 1.807) is 0 Å². The molecule has 4 bridgehead atoms. The van der Waals surface area contributed by atoms with E-state index >= 15 is 0 Å². The van der Waals surface area contributed by atoms with Gasteiger partial charge >= 0.3 is 0 Å². The summed E-state index contributed by atoms with van der Waals surface area (Å²) < 4.78 is 22.3. The van der Waals surface area contributed by atoms with Crippen LogP contribution in [0.3, 0.4) is 0 Å². The van der Waals surface area contributed by atoms with Crippen molar-refractivity contribution in [2.75, 3.05) is 40.9 Å². The maximum absolute atomic E-state index is 11.7. The third kappa shape index (κ3) is 6.04. The summed E-state index contributed by atoms with van der Waals surface area (Å²) >= 11 is 0. The molecule has 152 valence electrons. The normalized spacial score (nSPS) is 35.6. The molecule has 0 aliphatic heterocycles. The second kappa shape index (κ2) is 8.61. The van der Waals surface area contributed by atoms with Crippen LogP contribution in [0.4, 0.5) is 0 Å². The Kier molecular flexibility index (Phi) is 6.89. The number of hydrogen-bond acceptors (Lipinski definition) is 4. The van der Waals surface area contributed by atoms with Gasteiger partial charge in [0.05, 0.1) is 27.7 Å². The van der Waals surface area contributed by atoms with Gasteiger partial charge in [0, 0.05) is 0 Å². The van der Waals surface area contributed by atoms with Crippen molar-refractivity contribution in [3.05, 3.63) is 0 Å². The smallest absolute Gasteiger partial charge is 0.268 e. The number of unbranched alkanes of at least 4 members (excludes halogenated alkanes) is 2. The van der Waals surface area contributed by atoms with Crippen LogP contribution in [0.25, 0.3) is 0 Å². The number of hydrogen-bond donors (Lipinski definition) is 0. The first-order valence-corrected chi connectivity index (χ1v) is 12.1. The van der Waals surface area contributed by atoms with Crippen LogP contribution < -0.4 is 4.89 Å². The Morgan fingerprint density at radius 1 is 0.885 bits per heavy atom. The van der Waals surface area contributed by atoms with Gasteiger partial charge in [-0.3, -0.25) is 4.57 Å². The maximum Gasteiger partial charge on any atom is 0.268 e. The molecule has 4 rings (SSSR count). The summed E-state index contributed by atoms with van der Waals surface area (Å²) in [4.78, 5) is 11.7. The molecule has 0 N–H and O–H groups in total. The molecule has 5 nitrogen and oxygen atoms in total. The fourth-order valence-corrected chi connectivity index (χ4v) is 6.54. The average Bonchev–Trinajstić information content (AvgIpc) is 2.50. The number of quaternary nitrogens is 1. The first kappa shape index (κ1) is 20.8. The van der Waals surface area contributed by atoms with Crippen molar-refractivity contribution in [3.8, 4) is 0 Å². The summed E-state index contributed by atoms with van der Waals surface area (Å²) in [5.74, 6) is 5.04. The van der Waals surface area contributed by atoms with E-state index in [1.165, 1.54) is 44.9 Å². The van der Waals surface area contributed by atoms with Gasteiger partial charge in [-0.25, -0.2) is 0 Å². The molecule has 0 saturated heterocycles. The molecule has 4 saturated carbocycles. The molecule has 0 aromatic rings. The number of rotatable bonds is 11. The van der Waals surface area contributed by atoms with Gasteiger partial charge in [-0.1, -0.05) is 12.8 Å². The molecule has 0 aromatic heterocycles. The summed E-state index contributed by atoms with van der Waals surface area (Å²) in [6.07, 6.45) is 11.9. The zero-order valence-corrected chi connectivity index (χ0v) is 17.8. The quantitative estimate of drug-likeness (QED) is 0.307. The lowest BCUT2D eigenvalue weighted by Gasteiger charge is -2.54. The number of phosphoric acid groups is 1. The summed E-state index contributed by atoms with van der Waals surface area (Å²) in [7, 11) is 1.88. The van der Waals surface area contributed by atoms with Crippen LogP contribution in [-0.4, -0.2) is 45.4 Å². The first-order chi connectivity index (χ1) is 12.2. The second-order valence-electron chi connectivity index (χ2n) is 10.1. The predicted molar refractivity (Wildman–Crippen MR) is 101 cm³/mol. The van der Waals surface area contributed by atoms with E-state index in [0.29, 0.717) is 11.0 Å². The highest BCUT2D eigenvalue weighted by Crippen LogP contribution is 2.57.